The highest BCUT2D eigenvalue weighted by molar-refractivity contribution is 5.97. The highest BCUT2D eigenvalue weighted by Gasteiger charge is 2.43. The van der Waals surface area contributed by atoms with E-state index in [9.17, 15) is 9.59 Å². The molecular weight excluding hydrogens is 416 g/mol. The number of piperidine rings is 1. The number of hydrogen-bond acceptors (Lipinski definition) is 5. The Morgan fingerprint density at radius 2 is 1.97 bits per heavy atom. The van der Waals surface area contributed by atoms with Crippen LogP contribution in [0.1, 0.15) is 23.2 Å². The number of aromatic nitrogens is 3. The maximum Gasteiger partial charge on any atom is 0.258 e. The molecule has 1 spiro atoms. The first-order valence-corrected chi connectivity index (χ1v) is 11.3. The van der Waals surface area contributed by atoms with Gasteiger partial charge in [-0.2, -0.15) is 0 Å². The number of aryl methyl sites for hydroxylation is 1. The number of pyridine rings is 1. The zero-order valence-corrected chi connectivity index (χ0v) is 18.5. The maximum atomic E-state index is 13.2. The number of rotatable bonds is 2. The molecule has 1 amide bonds. The van der Waals surface area contributed by atoms with Crippen molar-refractivity contribution in [2.75, 3.05) is 26.3 Å². The van der Waals surface area contributed by atoms with Crippen LogP contribution >= 0.6 is 0 Å². The van der Waals surface area contributed by atoms with Crippen molar-refractivity contribution < 1.29 is 9.53 Å². The Morgan fingerprint density at radius 1 is 1.09 bits per heavy atom. The van der Waals surface area contributed by atoms with Crippen molar-refractivity contribution in [1.29, 1.82) is 0 Å². The molecule has 0 N–H and O–H groups in total. The number of benzene rings is 2. The maximum absolute atomic E-state index is 13.2. The largest absolute Gasteiger partial charge is 0.380 e. The Morgan fingerprint density at radius 3 is 2.79 bits per heavy atom. The third kappa shape index (κ3) is 3.40. The van der Waals surface area contributed by atoms with Crippen LogP contribution in [0.2, 0.25) is 0 Å². The number of fused-ring (bicyclic) bond motifs is 2. The lowest BCUT2D eigenvalue weighted by molar-refractivity contribution is -0.138. The summed E-state index contributed by atoms with van der Waals surface area (Å²) in [7, 11) is 1.74. The minimum atomic E-state index is -0.0280. The van der Waals surface area contributed by atoms with Crippen LogP contribution in [0, 0.1) is 5.41 Å². The van der Waals surface area contributed by atoms with Crippen molar-refractivity contribution in [3.8, 4) is 11.3 Å². The minimum Gasteiger partial charge on any atom is -0.380 e. The number of amides is 1. The van der Waals surface area contributed by atoms with E-state index >= 15 is 0 Å². The first-order valence-electron chi connectivity index (χ1n) is 11.3. The summed E-state index contributed by atoms with van der Waals surface area (Å²) in [6.07, 6.45) is 5.63. The lowest BCUT2D eigenvalue weighted by Crippen LogP contribution is -2.55. The van der Waals surface area contributed by atoms with E-state index in [0.717, 1.165) is 55.6 Å². The minimum absolute atomic E-state index is 0.0280. The van der Waals surface area contributed by atoms with Crippen LogP contribution in [0.3, 0.4) is 0 Å². The van der Waals surface area contributed by atoms with E-state index in [2.05, 4.69) is 4.98 Å². The summed E-state index contributed by atoms with van der Waals surface area (Å²) in [6, 6.07) is 13.1. The van der Waals surface area contributed by atoms with Crippen molar-refractivity contribution in [2.45, 2.75) is 12.8 Å². The number of hydrogen-bond donors (Lipinski definition) is 0. The summed E-state index contributed by atoms with van der Waals surface area (Å²) in [6.45, 7) is 3.04. The molecule has 0 radical (unpaired) electrons. The second-order valence-corrected chi connectivity index (χ2v) is 9.32. The van der Waals surface area contributed by atoms with Gasteiger partial charge in [0.25, 0.3) is 11.5 Å². The number of carbonyl (C=O) groups excluding carboxylic acids is 1. The number of likely N-dealkylation sites (tertiary alicyclic amines) is 1. The zero-order valence-electron chi connectivity index (χ0n) is 18.5. The van der Waals surface area contributed by atoms with Crippen LogP contribution < -0.4 is 5.56 Å². The average molecular weight is 441 g/mol. The summed E-state index contributed by atoms with van der Waals surface area (Å²) >= 11 is 0. The van der Waals surface area contributed by atoms with Gasteiger partial charge in [-0.3, -0.25) is 14.6 Å². The number of nitrogens with zero attached hydrogens (tertiary/aromatic N) is 4. The molecule has 0 atom stereocenters. The Bertz CT molecular complexity index is 1470. The molecule has 2 fully saturated rings. The van der Waals surface area contributed by atoms with Crippen molar-refractivity contribution in [1.82, 2.24) is 19.4 Å². The van der Waals surface area contributed by atoms with Gasteiger partial charge in [0.2, 0.25) is 0 Å². The van der Waals surface area contributed by atoms with E-state index < -0.39 is 0 Å². The van der Waals surface area contributed by atoms with Gasteiger partial charge in [0.1, 0.15) is 0 Å². The van der Waals surface area contributed by atoms with Crippen molar-refractivity contribution >= 4 is 27.7 Å². The van der Waals surface area contributed by atoms with Crippen LogP contribution in [-0.2, 0) is 11.8 Å². The average Bonchev–Trinajstić information content (AvgIpc) is 2.84. The highest BCUT2D eigenvalue weighted by atomic mass is 16.5. The molecule has 0 unspecified atom stereocenters. The molecule has 7 heteroatoms. The molecule has 0 bridgehead atoms. The molecule has 6 rings (SSSR count). The molecule has 2 aliphatic heterocycles. The molecule has 0 saturated carbocycles. The standard InChI is InChI=1S/C26H24N4O3/c1-29-10-7-17-11-18(3-5-20(17)25(29)32)23-13-27-21-6-4-19(12-22(21)28-23)24(31)30-9-2-8-26(14-30)15-33-16-26/h3-7,10-13H,2,8-9,14-16H2,1H3. The smallest absolute Gasteiger partial charge is 0.258 e. The van der Waals surface area contributed by atoms with Crippen LogP contribution in [-0.4, -0.2) is 51.6 Å². The molecule has 2 aromatic heterocycles. The molecule has 7 nitrogen and oxygen atoms in total. The summed E-state index contributed by atoms with van der Waals surface area (Å²) in [5.74, 6) is 0.0385. The van der Waals surface area contributed by atoms with Gasteiger partial charge in [-0.15, -0.1) is 0 Å². The normalized spacial score (nSPS) is 17.4. The third-order valence-corrected chi connectivity index (χ3v) is 6.93. The molecule has 166 valence electrons. The lowest BCUT2D eigenvalue weighted by atomic mass is 9.78. The van der Waals surface area contributed by atoms with Crippen molar-refractivity contribution in [3.05, 3.63) is 70.8 Å². The summed E-state index contributed by atoms with van der Waals surface area (Å²) in [5, 5.41) is 1.53. The molecule has 2 aromatic carbocycles. The van der Waals surface area contributed by atoms with Gasteiger partial charge in [0.05, 0.1) is 36.1 Å². The molecular formula is C26H24N4O3. The Labute approximate surface area is 190 Å². The van der Waals surface area contributed by atoms with E-state index in [1.165, 1.54) is 0 Å². The fourth-order valence-corrected chi connectivity index (χ4v) is 4.98. The van der Waals surface area contributed by atoms with Crippen molar-refractivity contribution in [2.24, 2.45) is 12.5 Å². The van der Waals surface area contributed by atoms with Crippen LogP contribution in [0.5, 0.6) is 0 Å². The predicted molar refractivity (Wildman–Crippen MR) is 126 cm³/mol. The van der Waals surface area contributed by atoms with Crippen LogP contribution in [0.4, 0.5) is 0 Å². The zero-order chi connectivity index (χ0) is 22.6. The van der Waals surface area contributed by atoms with E-state index in [1.807, 2.05) is 47.4 Å². The Kier molecular flexibility index (Phi) is 4.55. The third-order valence-electron chi connectivity index (χ3n) is 6.93. The van der Waals surface area contributed by atoms with Gasteiger partial charge in [-0.25, -0.2) is 4.98 Å². The van der Waals surface area contributed by atoms with Gasteiger partial charge in [-0.05, 0) is 54.6 Å². The summed E-state index contributed by atoms with van der Waals surface area (Å²) < 4.78 is 6.99. The molecule has 2 saturated heterocycles. The summed E-state index contributed by atoms with van der Waals surface area (Å²) in [4.78, 5) is 36.9. The van der Waals surface area contributed by atoms with Crippen molar-refractivity contribution in [3.63, 3.8) is 0 Å². The van der Waals surface area contributed by atoms with Crippen LogP contribution in [0.15, 0.2) is 59.7 Å². The number of ether oxygens (including phenoxy) is 1. The van der Waals surface area contributed by atoms with E-state index in [0.29, 0.717) is 22.2 Å². The first-order chi connectivity index (χ1) is 16.0. The Hall–Kier alpha value is -3.58. The van der Waals surface area contributed by atoms with Gasteiger partial charge >= 0.3 is 0 Å². The first kappa shape index (κ1) is 20.1. The second kappa shape index (κ2) is 7.49. The van der Waals surface area contributed by atoms with E-state index in [1.54, 1.807) is 24.0 Å². The van der Waals surface area contributed by atoms with Gasteiger partial charge in [0.15, 0.2) is 0 Å². The topological polar surface area (TPSA) is 77.3 Å². The highest BCUT2D eigenvalue weighted by Crippen LogP contribution is 2.37. The predicted octanol–water partition coefficient (Wildman–Crippen LogP) is 3.40. The fourth-order valence-electron chi connectivity index (χ4n) is 4.98. The fraction of sp³-hybridized carbons (Fsp3) is 0.308. The molecule has 33 heavy (non-hydrogen) atoms. The quantitative estimate of drug-likeness (QED) is 0.478. The molecule has 2 aliphatic rings. The van der Waals surface area contributed by atoms with E-state index in [-0.39, 0.29) is 16.9 Å². The Balaban J connectivity index is 1.34. The summed E-state index contributed by atoms with van der Waals surface area (Å²) in [5.41, 5.74) is 3.76. The molecule has 0 aliphatic carbocycles. The molecule has 4 aromatic rings. The van der Waals surface area contributed by atoms with Gasteiger partial charge in [-0.1, -0.05) is 6.07 Å². The van der Waals surface area contributed by atoms with Gasteiger partial charge < -0.3 is 14.2 Å². The van der Waals surface area contributed by atoms with Crippen LogP contribution in [0.25, 0.3) is 33.1 Å². The number of carbonyl (C=O) groups is 1. The molecule has 4 heterocycles. The lowest BCUT2D eigenvalue weighted by Gasteiger charge is -2.48. The van der Waals surface area contributed by atoms with Gasteiger partial charge in [0, 0.05) is 48.3 Å². The monoisotopic (exact) mass is 440 g/mol. The SMILES string of the molecule is Cn1ccc2cc(-c3cnc4ccc(C(=O)N5CCCC6(COC6)C5)cc4n3)ccc2c1=O. The second-order valence-electron chi connectivity index (χ2n) is 9.32. The van der Waals surface area contributed by atoms with E-state index in [4.69, 9.17) is 9.72 Å².